The maximum Gasteiger partial charge on any atom is 0.310 e. The van der Waals surface area contributed by atoms with Crippen LogP contribution in [0.5, 0.6) is 0 Å². The molecule has 2 aliphatic rings. The molecule has 4 heteroatoms. The molecule has 0 saturated carbocycles. The van der Waals surface area contributed by atoms with Crippen LogP contribution < -0.4 is 0 Å². The number of hydrogen-bond acceptors (Lipinski definition) is 4. The first kappa shape index (κ1) is 7.80. The molecule has 2 bridgehead atoms. The van der Waals surface area contributed by atoms with Gasteiger partial charge in [0.25, 0.3) is 0 Å². The lowest BCUT2D eigenvalue weighted by Crippen LogP contribution is -2.09. The van der Waals surface area contributed by atoms with E-state index < -0.39 is 0 Å². The van der Waals surface area contributed by atoms with Gasteiger partial charge in [-0.15, -0.1) is 0 Å². The third-order valence-corrected chi connectivity index (χ3v) is 4.56. The zero-order chi connectivity index (χ0) is 7.68. The minimum atomic E-state index is 0.0324. The maximum atomic E-state index is 11.1. The van der Waals surface area contributed by atoms with E-state index in [1.807, 2.05) is 21.6 Å². The van der Waals surface area contributed by atoms with Crippen LogP contribution in [-0.4, -0.2) is 23.6 Å². The molecule has 2 atom stereocenters. The minimum absolute atomic E-state index is 0.0324. The van der Waals surface area contributed by atoms with Crippen molar-refractivity contribution in [3.63, 3.8) is 0 Å². The second-order valence-electron chi connectivity index (χ2n) is 2.89. The van der Waals surface area contributed by atoms with E-state index in [4.69, 9.17) is 4.74 Å². The molecule has 0 amide bonds. The van der Waals surface area contributed by atoms with Crippen molar-refractivity contribution in [1.29, 1.82) is 0 Å². The summed E-state index contributed by atoms with van der Waals surface area (Å²) in [6.45, 7) is 0. The van der Waals surface area contributed by atoms with Gasteiger partial charge >= 0.3 is 5.97 Å². The van der Waals surface area contributed by atoms with Gasteiger partial charge in [-0.1, -0.05) is 21.6 Å². The smallest absolute Gasteiger partial charge is 0.310 e. The molecule has 0 radical (unpaired) electrons. The van der Waals surface area contributed by atoms with Gasteiger partial charge in [0.05, 0.1) is 5.92 Å². The summed E-state index contributed by atoms with van der Waals surface area (Å²) < 4.78 is 5.18. The molecule has 0 N–H and O–H groups in total. The molecule has 2 unspecified atom stereocenters. The Bertz CT molecular complexity index is 172. The van der Waals surface area contributed by atoms with E-state index in [9.17, 15) is 4.79 Å². The monoisotopic (exact) mass is 190 g/mol. The van der Waals surface area contributed by atoms with Crippen molar-refractivity contribution in [3.05, 3.63) is 0 Å². The van der Waals surface area contributed by atoms with E-state index in [0.717, 1.165) is 24.3 Å². The summed E-state index contributed by atoms with van der Waals surface area (Å²) in [4.78, 5) is 11.1. The van der Waals surface area contributed by atoms with Crippen LogP contribution in [0.3, 0.4) is 0 Å². The van der Waals surface area contributed by atoms with Crippen LogP contribution in [0.1, 0.15) is 12.8 Å². The fourth-order valence-corrected chi connectivity index (χ4v) is 3.84. The molecular formula is C7H10O2S2. The van der Waals surface area contributed by atoms with Gasteiger partial charge < -0.3 is 4.74 Å². The molecule has 0 aromatic rings. The number of carbonyl (C=O) groups excluding carboxylic acids is 1. The lowest BCUT2D eigenvalue weighted by atomic mass is 10.1. The maximum absolute atomic E-state index is 11.1. The number of carbonyl (C=O) groups is 1. The van der Waals surface area contributed by atoms with Gasteiger partial charge in [-0.25, -0.2) is 0 Å². The van der Waals surface area contributed by atoms with E-state index in [2.05, 4.69) is 0 Å². The van der Waals surface area contributed by atoms with Gasteiger partial charge in [0.2, 0.25) is 0 Å². The molecule has 2 rings (SSSR count). The van der Waals surface area contributed by atoms with Crippen molar-refractivity contribution in [1.82, 2.24) is 0 Å². The Balaban J connectivity index is 2.03. The lowest BCUT2D eigenvalue weighted by Gasteiger charge is -2.10. The number of hydrogen-bond donors (Lipinski definition) is 0. The fraction of sp³-hybridized carbons (Fsp3) is 0.857. The molecule has 0 aromatic heterocycles. The Hall–Kier alpha value is 0.170. The van der Waals surface area contributed by atoms with Crippen molar-refractivity contribution < 1.29 is 9.53 Å². The van der Waals surface area contributed by atoms with Crippen molar-refractivity contribution in [2.75, 3.05) is 11.5 Å². The first-order valence-corrected chi connectivity index (χ1v) is 6.30. The SMILES string of the molecule is O=C1OC2CCSSCC1C2. The average molecular weight is 190 g/mol. The Kier molecular flexibility index (Phi) is 2.32. The second kappa shape index (κ2) is 3.27. The third kappa shape index (κ3) is 1.67. The van der Waals surface area contributed by atoms with Crippen LogP contribution in [0.4, 0.5) is 0 Å². The van der Waals surface area contributed by atoms with Gasteiger partial charge in [-0.3, -0.25) is 4.79 Å². The van der Waals surface area contributed by atoms with Crippen molar-refractivity contribution >= 4 is 27.6 Å². The quantitative estimate of drug-likeness (QED) is 0.429. The molecule has 2 heterocycles. The van der Waals surface area contributed by atoms with Crippen LogP contribution >= 0.6 is 21.6 Å². The molecular weight excluding hydrogens is 180 g/mol. The molecule has 2 aliphatic heterocycles. The van der Waals surface area contributed by atoms with Crippen LogP contribution in [0.15, 0.2) is 0 Å². The third-order valence-electron chi connectivity index (χ3n) is 2.04. The Morgan fingerprint density at radius 1 is 1.45 bits per heavy atom. The predicted molar refractivity (Wildman–Crippen MR) is 47.5 cm³/mol. The number of fused-ring (bicyclic) bond motifs is 2. The highest BCUT2D eigenvalue weighted by atomic mass is 33.1. The summed E-state index contributed by atoms with van der Waals surface area (Å²) in [6, 6.07) is 0. The highest BCUT2D eigenvalue weighted by Gasteiger charge is 2.35. The van der Waals surface area contributed by atoms with Gasteiger partial charge in [-0.2, -0.15) is 0 Å². The zero-order valence-electron chi connectivity index (χ0n) is 6.12. The van der Waals surface area contributed by atoms with E-state index >= 15 is 0 Å². The van der Waals surface area contributed by atoms with Crippen LogP contribution in [0.2, 0.25) is 0 Å². The molecule has 2 nitrogen and oxygen atoms in total. The molecule has 11 heavy (non-hydrogen) atoms. The van der Waals surface area contributed by atoms with Gasteiger partial charge in [0, 0.05) is 11.5 Å². The summed E-state index contributed by atoms with van der Waals surface area (Å²) >= 11 is 0. The Morgan fingerprint density at radius 3 is 3.27 bits per heavy atom. The van der Waals surface area contributed by atoms with E-state index in [1.165, 1.54) is 0 Å². The first-order chi connectivity index (χ1) is 5.36. The number of esters is 1. The molecule has 2 fully saturated rings. The topological polar surface area (TPSA) is 26.3 Å². The average Bonchev–Trinajstić information content (AvgIpc) is 2.27. The molecule has 2 saturated heterocycles. The summed E-state index contributed by atoms with van der Waals surface area (Å²) in [5.74, 6) is 2.29. The van der Waals surface area contributed by atoms with E-state index in [-0.39, 0.29) is 18.0 Å². The lowest BCUT2D eigenvalue weighted by molar-refractivity contribution is -0.143. The highest BCUT2D eigenvalue weighted by Crippen LogP contribution is 2.35. The molecule has 0 aliphatic carbocycles. The van der Waals surface area contributed by atoms with Crippen molar-refractivity contribution in [2.24, 2.45) is 5.92 Å². The summed E-state index contributed by atoms with van der Waals surface area (Å²) in [5, 5.41) is 0. The second-order valence-corrected chi connectivity index (χ2v) is 5.51. The normalized spacial score (nSPS) is 37.6. The van der Waals surface area contributed by atoms with Crippen molar-refractivity contribution in [2.45, 2.75) is 18.9 Å². The van der Waals surface area contributed by atoms with Gasteiger partial charge in [-0.05, 0) is 12.8 Å². The van der Waals surface area contributed by atoms with Gasteiger partial charge in [0.15, 0.2) is 0 Å². The standard InChI is InChI=1S/C7H10O2S2/c8-7-5-3-6(9-7)1-2-10-11-4-5/h5-6H,1-4H2. The first-order valence-electron chi connectivity index (χ1n) is 3.81. The minimum Gasteiger partial charge on any atom is -0.462 e. The summed E-state index contributed by atoms with van der Waals surface area (Å²) in [7, 11) is 3.67. The number of ether oxygens (including phenoxy) is 1. The van der Waals surface area contributed by atoms with E-state index in [0.29, 0.717) is 0 Å². The Morgan fingerprint density at radius 2 is 2.36 bits per heavy atom. The Labute approximate surface area is 73.8 Å². The predicted octanol–water partition coefficient (Wildman–Crippen LogP) is 1.70. The molecule has 0 aromatic carbocycles. The van der Waals surface area contributed by atoms with Crippen LogP contribution in [0, 0.1) is 5.92 Å². The molecule has 62 valence electrons. The highest BCUT2D eigenvalue weighted by molar-refractivity contribution is 8.76. The fourth-order valence-electron chi connectivity index (χ4n) is 1.40. The summed E-state index contributed by atoms with van der Waals surface area (Å²) in [6.07, 6.45) is 2.24. The number of rotatable bonds is 0. The zero-order valence-corrected chi connectivity index (χ0v) is 7.75. The largest absolute Gasteiger partial charge is 0.462 e. The van der Waals surface area contributed by atoms with E-state index in [1.54, 1.807) is 0 Å². The van der Waals surface area contributed by atoms with Crippen LogP contribution in [0.25, 0.3) is 0 Å². The summed E-state index contributed by atoms with van der Waals surface area (Å²) in [5.41, 5.74) is 0. The van der Waals surface area contributed by atoms with Gasteiger partial charge in [0.1, 0.15) is 6.10 Å². The van der Waals surface area contributed by atoms with Crippen LogP contribution in [-0.2, 0) is 9.53 Å². The van der Waals surface area contributed by atoms with Crippen molar-refractivity contribution in [3.8, 4) is 0 Å². The molecule has 0 spiro atoms.